The summed E-state index contributed by atoms with van der Waals surface area (Å²) in [4.78, 5) is 16.4. The van der Waals surface area contributed by atoms with E-state index in [2.05, 4.69) is 58.2 Å². The lowest BCUT2D eigenvalue weighted by Gasteiger charge is -2.43. The van der Waals surface area contributed by atoms with Gasteiger partial charge in [-0.25, -0.2) is 9.37 Å². The van der Waals surface area contributed by atoms with Gasteiger partial charge in [0, 0.05) is 66.2 Å². The van der Waals surface area contributed by atoms with Gasteiger partial charge in [-0.05, 0) is 52.6 Å². The Bertz CT molecular complexity index is 1500. The van der Waals surface area contributed by atoms with Crippen molar-refractivity contribution in [3.8, 4) is 11.1 Å². The highest BCUT2D eigenvalue weighted by Gasteiger charge is 2.33. The molecule has 2 aliphatic heterocycles. The number of benzene rings is 2. The number of hydrogen-bond acceptors (Lipinski definition) is 7. The summed E-state index contributed by atoms with van der Waals surface area (Å²) in [7, 11) is 4.15. The molecule has 2 saturated heterocycles. The molecule has 0 spiro atoms. The van der Waals surface area contributed by atoms with Gasteiger partial charge in [0.1, 0.15) is 11.3 Å². The third-order valence-corrected chi connectivity index (χ3v) is 8.14. The molecule has 4 aromatic rings. The predicted molar refractivity (Wildman–Crippen MR) is 148 cm³/mol. The molecule has 2 N–H and O–H groups in total. The molecule has 2 fully saturated rings. The van der Waals surface area contributed by atoms with E-state index in [1.807, 2.05) is 25.1 Å². The number of aryl methyl sites for hydroxylation is 1. The molecule has 8 nitrogen and oxygen atoms in total. The van der Waals surface area contributed by atoms with Crippen LogP contribution in [0.25, 0.3) is 32.9 Å². The molecular weight excluding hydrogens is 491 g/mol. The van der Waals surface area contributed by atoms with E-state index in [1.54, 1.807) is 6.20 Å². The zero-order valence-electron chi connectivity index (χ0n) is 21.8. The van der Waals surface area contributed by atoms with E-state index in [1.165, 1.54) is 0 Å². The number of rotatable bonds is 4. The van der Waals surface area contributed by atoms with Crippen molar-refractivity contribution < 1.29 is 4.39 Å². The van der Waals surface area contributed by atoms with E-state index in [0.717, 1.165) is 54.0 Å². The van der Waals surface area contributed by atoms with Crippen molar-refractivity contribution >= 4 is 45.2 Å². The summed E-state index contributed by atoms with van der Waals surface area (Å²) < 4.78 is 16.7. The van der Waals surface area contributed by atoms with Crippen molar-refractivity contribution in [3.63, 3.8) is 0 Å². The van der Waals surface area contributed by atoms with Crippen LogP contribution in [-0.2, 0) is 0 Å². The second-order valence-corrected chi connectivity index (χ2v) is 11.1. The van der Waals surface area contributed by atoms with E-state index >= 15 is 4.39 Å². The van der Waals surface area contributed by atoms with E-state index in [9.17, 15) is 0 Å². The van der Waals surface area contributed by atoms with Gasteiger partial charge in [-0.15, -0.1) is 0 Å². The average molecular weight is 523 g/mol. The number of aromatic nitrogens is 4. The predicted octanol–water partition coefficient (Wildman–Crippen LogP) is 4.21. The molecule has 6 rings (SSSR count). The van der Waals surface area contributed by atoms with Gasteiger partial charge in [0.25, 0.3) is 0 Å². The van der Waals surface area contributed by atoms with Gasteiger partial charge in [-0.3, -0.25) is 5.10 Å². The van der Waals surface area contributed by atoms with E-state index < -0.39 is 5.82 Å². The summed E-state index contributed by atoms with van der Waals surface area (Å²) in [6, 6.07) is 6.64. The Balaban J connectivity index is 1.58. The Morgan fingerprint density at radius 3 is 2.62 bits per heavy atom. The Hall–Kier alpha value is -3.01. The number of nitrogens with zero attached hydrogens (tertiary/aromatic N) is 6. The third-order valence-electron chi connectivity index (χ3n) is 7.85. The normalized spacial score (nSPS) is 20.9. The van der Waals surface area contributed by atoms with Crippen molar-refractivity contribution in [1.82, 2.24) is 30.4 Å². The summed E-state index contributed by atoms with van der Waals surface area (Å²) in [5.41, 5.74) is 3.14. The Morgan fingerprint density at radius 2 is 1.86 bits per heavy atom. The molecule has 4 heterocycles. The quantitative estimate of drug-likeness (QED) is 0.416. The minimum Gasteiger partial charge on any atom is -0.350 e. The molecular formula is C27H32ClFN8. The Morgan fingerprint density at radius 1 is 1.08 bits per heavy atom. The van der Waals surface area contributed by atoms with Gasteiger partial charge in [0.05, 0.1) is 16.7 Å². The van der Waals surface area contributed by atoms with Crippen LogP contribution in [-0.4, -0.2) is 83.5 Å². The fraction of sp³-hybridized carbons (Fsp3) is 0.444. The molecule has 0 saturated carbocycles. The molecule has 0 aliphatic carbocycles. The number of likely N-dealkylation sites (N-methyl/N-ethyl adjacent to an activating group) is 1. The van der Waals surface area contributed by atoms with Crippen LogP contribution in [0.3, 0.4) is 0 Å². The molecule has 2 aromatic heterocycles. The van der Waals surface area contributed by atoms with E-state index in [0.29, 0.717) is 33.5 Å². The van der Waals surface area contributed by atoms with Crippen LogP contribution in [0.4, 0.5) is 16.2 Å². The standard InChI is InChI=1S/C27H32ClFN8/c1-14-6-7-21-19(10-31-34-21)22(14)23-20(28)8-18-25(24(23)29)32-27(36-12-17(13-36)35(4)5)33-26(18)37-11-15(2)30-9-16(37)3/h6-8,10,15-17,30H,9,11-13H2,1-5H3,(H,31,34)/t15-,16+/m1/s1. The highest BCUT2D eigenvalue weighted by molar-refractivity contribution is 6.35. The third kappa shape index (κ3) is 4.00. The number of hydrogen-bond donors (Lipinski definition) is 2. The van der Waals surface area contributed by atoms with Gasteiger partial charge < -0.3 is 20.0 Å². The lowest BCUT2D eigenvalue weighted by Crippen LogP contribution is -2.58. The fourth-order valence-electron chi connectivity index (χ4n) is 5.48. The smallest absolute Gasteiger partial charge is 0.228 e. The molecule has 2 atom stereocenters. The maximum atomic E-state index is 16.7. The summed E-state index contributed by atoms with van der Waals surface area (Å²) in [6.07, 6.45) is 1.72. The summed E-state index contributed by atoms with van der Waals surface area (Å²) in [5.74, 6) is 0.869. The van der Waals surface area contributed by atoms with E-state index in [4.69, 9.17) is 21.6 Å². The monoisotopic (exact) mass is 522 g/mol. The van der Waals surface area contributed by atoms with Crippen LogP contribution in [0.2, 0.25) is 5.02 Å². The van der Waals surface area contributed by atoms with Gasteiger partial charge in [0.2, 0.25) is 5.95 Å². The molecule has 0 bridgehead atoms. The molecule has 2 aliphatic rings. The van der Waals surface area contributed by atoms with Gasteiger partial charge >= 0.3 is 0 Å². The highest BCUT2D eigenvalue weighted by Crippen LogP contribution is 2.42. The SMILES string of the molecule is Cc1ccc2[nH]ncc2c1-c1c(Cl)cc2c(N3C[C@@H](C)NC[C@@H]3C)nc(N3CC(N(C)C)C3)nc2c1F. The number of piperazine rings is 1. The first-order valence-electron chi connectivity index (χ1n) is 12.8. The lowest BCUT2D eigenvalue weighted by atomic mass is 9.95. The maximum absolute atomic E-state index is 16.7. The van der Waals surface area contributed by atoms with E-state index in [-0.39, 0.29) is 12.1 Å². The Labute approximate surface area is 220 Å². The van der Waals surface area contributed by atoms with Crippen LogP contribution in [0.5, 0.6) is 0 Å². The van der Waals surface area contributed by atoms with Crippen molar-refractivity contribution in [3.05, 3.63) is 40.8 Å². The average Bonchev–Trinajstić information content (AvgIpc) is 3.30. The molecule has 37 heavy (non-hydrogen) atoms. The number of anilines is 2. The molecule has 0 unspecified atom stereocenters. The number of H-pyrrole nitrogens is 1. The van der Waals surface area contributed by atoms with Gasteiger partial charge in [0.15, 0.2) is 5.82 Å². The summed E-state index contributed by atoms with van der Waals surface area (Å²) in [5, 5.41) is 12.5. The number of aromatic amines is 1. The minimum absolute atomic E-state index is 0.191. The first-order chi connectivity index (χ1) is 17.7. The number of nitrogens with one attached hydrogen (secondary N) is 2. The van der Waals surface area contributed by atoms with Crippen LogP contribution < -0.4 is 15.1 Å². The molecule has 2 aromatic carbocycles. The summed E-state index contributed by atoms with van der Waals surface area (Å²) >= 11 is 6.88. The second kappa shape index (κ2) is 9.08. The molecule has 0 radical (unpaired) electrons. The second-order valence-electron chi connectivity index (χ2n) is 10.7. The number of halogens is 2. The van der Waals surface area contributed by atoms with Crippen molar-refractivity contribution in [1.29, 1.82) is 0 Å². The van der Waals surface area contributed by atoms with Crippen molar-refractivity contribution in [2.45, 2.75) is 38.9 Å². The van der Waals surface area contributed by atoms with Crippen LogP contribution in [0.15, 0.2) is 24.4 Å². The van der Waals surface area contributed by atoms with Gasteiger partial charge in [-0.2, -0.15) is 10.1 Å². The summed E-state index contributed by atoms with van der Waals surface area (Å²) in [6.45, 7) is 9.48. The molecule has 194 valence electrons. The lowest BCUT2D eigenvalue weighted by molar-refractivity contribution is 0.245. The Kier molecular flexibility index (Phi) is 5.97. The van der Waals surface area contributed by atoms with Gasteiger partial charge in [-0.1, -0.05) is 17.7 Å². The maximum Gasteiger partial charge on any atom is 0.228 e. The topological polar surface area (TPSA) is 76.2 Å². The van der Waals surface area contributed by atoms with Crippen molar-refractivity contribution in [2.75, 3.05) is 50.1 Å². The van der Waals surface area contributed by atoms with Crippen LogP contribution >= 0.6 is 11.6 Å². The first kappa shape index (κ1) is 24.3. The zero-order valence-corrected chi connectivity index (χ0v) is 22.6. The highest BCUT2D eigenvalue weighted by atomic mass is 35.5. The minimum atomic E-state index is -0.426. The van der Waals surface area contributed by atoms with Crippen LogP contribution in [0.1, 0.15) is 19.4 Å². The fourth-order valence-corrected chi connectivity index (χ4v) is 5.76. The zero-order chi connectivity index (χ0) is 26.0. The molecule has 0 amide bonds. The van der Waals surface area contributed by atoms with Crippen molar-refractivity contribution in [2.24, 2.45) is 0 Å². The molecule has 10 heteroatoms. The number of fused-ring (bicyclic) bond motifs is 2. The van der Waals surface area contributed by atoms with Crippen LogP contribution in [0, 0.1) is 12.7 Å². The largest absolute Gasteiger partial charge is 0.350 e. The first-order valence-corrected chi connectivity index (χ1v) is 13.1.